The van der Waals surface area contributed by atoms with Gasteiger partial charge in [-0.3, -0.25) is 4.79 Å². The first-order valence-corrected chi connectivity index (χ1v) is 5.48. The molecule has 4 nitrogen and oxygen atoms in total. The molecule has 4 heteroatoms. The number of carbonyl (C=O) groups excluding carboxylic acids is 1. The highest BCUT2D eigenvalue weighted by molar-refractivity contribution is 5.92. The molecule has 0 unspecified atom stereocenters. The van der Waals surface area contributed by atoms with Gasteiger partial charge in [0.05, 0.1) is 6.26 Å². The Balaban J connectivity index is 1.89. The van der Waals surface area contributed by atoms with Gasteiger partial charge >= 0.3 is 0 Å². The van der Waals surface area contributed by atoms with Crippen molar-refractivity contribution in [2.24, 2.45) is 0 Å². The summed E-state index contributed by atoms with van der Waals surface area (Å²) in [5, 5.41) is 6.10. The van der Waals surface area contributed by atoms with Crippen LogP contribution in [0.25, 0.3) is 0 Å². The maximum absolute atomic E-state index is 11.7. The van der Waals surface area contributed by atoms with Gasteiger partial charge in [0, 0.05) is 18.7 Å². The number of hydrogen-bond donors (Lipinski definition) is 2. The molecule has 1 aromatic rings. The lowest BCUT2D eigenvalue weighted by Gasteiger charge is -2.14. The minimum Gasteiger partial charge on any atom is -0.459 e. The molecule has 1 aliphatic rings. The van der Waals surface area contributed by atoms with Crippen LogP contribution in [-0.2, 0) is 0 Å². The van der Waals surface area contributed by atoms with Crippen molar-refractivity contribution in [2.45, 2.75) is 13.3 Å². The Hall–Kier alpha value is -1.55. The van der Waals surface area contributed by atoms with E-state index in [0.29, 0.717) is 12.3 Å². The Morgan fingerprint density at radius 2 is 2.50 bits per heavy atom. The number of furan rings is 1. The van der Waals surface area contributed by atoms with Crippen molar-refractivity contribution in [3.05, 3.63) is 35.3 Å². The molecule has 2 rings (SSSR count). The zero-order chi connectivity index (χ0) is 11.4. The number of rotatable bonds is 3. The molecule has 86 valence electrons. The van der Waals surface area contributed by atoms with E-state index < -0.39 is 0 Å². The minimum atomic E-state index is -0.137. The van der Waals surface area contributed by atoms with Gasteiger partial charge in [0.25, 0.3) is 5.91 Å². The molecule has 0 aromatic carbocycles. The van der Waals surface area contributed by atoms with Crippen molar-refractivity contribution < 1.29 is 9.21 Å². The van der Waals surface area contributed by atoms with Gasteiger partial charge in [-0.1, -0.05) is 11.6 Å². The molecular formula is C12H16N2O2. The lowest BCUT2D eigenvalue weighted by molar-refractivity contribution is 0.0928. The molecule has 1 amide bonds. The molecule has 16 heavy (non-hydrogen) atoms. The summed E-state index contributed by atoms with van der Waals surface area (Å²) in [6.07, 6.45) is 4.66. The van der Waals surface area contributed by atoms with Gasteiger partial charge in [0.1, 0.15) is 0 Å². The highest BCUT2D eigenvalue weighted by Gasteiger charge is 2.12. The van der Waals surface area contributed by atoms with Crippen LogP contribution in [0.15, 0.2) is 28.4 Å². The summed E-state index contributed by atoms with van der Waals surface area (Å²) in [4.78, 5) is 11.7. The van der Waals surface area contributed by atoms with Gasteiger partial charge in [0.15, 0.2) is 5.76 Å². The molecule has 0 saturated carbocycles. The number of hydrogen-bond acceptors (Lipinski definition) is 3. The Morgan fingerprint density at radius 3 is 3.12 bits per heavy atom. The average molecular weight is 220 g/mol. The molecule has 2 N–H and O–H groups in total. The van der Waals surface area contributed by atoms with Crippen LogP contribution < -0.4 is 10.6 Å². The Labute approximate surface area is 94.7 Å². The van der Waals surface area contributed by atoms with E-state index in [-0.39, 0.29) is 5.91 Å². The van der Waals surface area contributed by atoms with E-state index in [1.165, 1.54) is 11.8 Å². The van der Waals surface area contributed by atoms with Gasteiger partial charge in [-0.05, 0) is 26.0 Å². The maximum atomic E-state index is 11.7. The van der Waals surface area contributed by atoms with Gasteiger partial charge in [0.2, 0.25) is 0 Å². The molecule has 0 atom stereocenters. The van der Waals surface area contributed by atoms with E-state index in [1.807, 2.05) is 6.92 Å². The van der Waals surface area contributed by atoms with E-state index in [1.54, 1.807) is 6.07 Å². The standard InChI is InChI=1S/C12H16N2O2/c1-9-4-7-16-11(9)12(15)14-8-10-2-5-13-6-3-10/h2,4,7,13H,3,5-6,8H2,1H3,(H,14,15). The third-order valence-corrected chi connectivity index (χ3v) is 2.70. The van der Waals surface area contributed by atoms with Gasteiger partial charge in [-0.15, -0.1) is 0 Å². The fraction of sp³-hybridized carbons (Fsp3) is 0.417. The maximum Gasteiger partial charge on any atom is 0.287 e. The molecule has 0 aliphatic carbocycles. The van der Waals surface area contributed by atoms with Crippen molar-refractivity contribution in [1.29, 1.82) is 0 Å². The van der Waals surface area contributed by atoms with Crippen molar-refractivity contribution in [2.75, 3.05) is 19.6 Å². The Bertz CT molecular complexity index is 407. The van der Waals surface area contributed by atoms with Crippen LogP contribution in [0.3, 0.4) is 0 Å². The fourth-order valence-corrected chi connectivity index (χ4v) is 1.71. The van der Waals surface area contributed by atoms with Gasteiger partial charge < -0.3 is 15.1 Å². The summed E-state index contributed by atoms with van der Waals surface area (Å²) >= 11 is 0. The van der Waals surface area contributed by atoms with E-state index in [0.717, 1.165) is 25.1 Å². The van der Waals surface area contributed by atoms with E-state index in [2.05, 4.69) is 16.7 Å². The SMILES string of the molecule is Cc1ccoc1C(=O)NCC1=CCNCC1. The molecule has 0 bridgehead atoms. The van der Waals surface area contributed by atoms with E-state index in [9.17, 15) is 4.79 Å². The topological polar surface area (TPSA) is 54.3 Å². The van der Waals surface area contributed by atoms with Crippen LogP contribution in [0.1, 0.15) is 22.5 Å². The lowest BCUT2D eigenvalue weighted by Crippen LogP contribution is -2.29. The highest BCUT2D eigenvalue weighted by atomic mass is 16.3. The predicted octanol–water partition coefficient (Wildman–Crippen LogP) is 1.24. The monoisotopic (exact) mass is 220 g/mol. The third kappa shape index (κ3) is 2.52. The van der Waals surface area contributed by atoms with Crippen LogP contribution in [0.5, 0.6) is 0 Å². The number of amides is 1. The van der Waals surface area contributed by atoms with Gasteiger partial charge in [-0.25, -0.2) is 0 Å². The summed E-state index contributed by atoms with van der Waals surface area (Å²) in [5.41, 5.74) is 2.15. The third-order valence-electron chi connectivity index (χ3n) is 2.70. The molecule has 0 fully saturated rings. The number of nitrogens with one attached hydrogen (secondary N) is 2. The first-order valence-electron chi connectivity index (χ1n) is 5.48. The second-order valence-electron chi connectivity index (χ2n) is 3.93. The van der Waals surface area contributed by atoms with Gasteiger partial charge in [-0.2, -0.15) is 0 Å². The summed E-state index contributed by atoms with van der Waals surface area (Å²) in [5.74, 6) is 0.275. The number of aryl methyl sites for hydroxylation is 1. The van der Waals surface area contributed by atoms with Crippen molar-refractivity contribution in [3.63, 3.8) is 0 Å². The van der Waals surface area contributed by atoms with E-state index in [4.69, 9.17) is 4.42 Å². The molecule has 0 spiro atoms. The fourth-order valence-electron chi connectivity index (χ4n) is 1.71. The summed E-state index contributed by atoms with van der Waals surface area (Å²) in [6, 6.07) is 1.79. The van der Waals surface area contributed by atoms with Crippen LogP contribution in [0.2, 0.25) is 0 Å². The second-order valence-corrected chi connectivity index (χ2v) is 3.93. The first kappa shape index (κ1) is 11.0. The summed E-state index contributed by atoms with van der Waals surface area (Å²) in [6.45, 7) is 4.36. The number of carbonyl (C=O) groups is 1. The molecule has 0 radical (unpaired) electrons. The van der Waals surface area contributed by atoms with Crippen molar-refractivity contribution >= 4 is 5.91 Å². The predicted molar refractivity (Wildman–Crippen MR) is 61.3 cm³/mol. The zero-order valence-electron chi connectivity index (χ0n) is 9.38. The minimum absolute atomic E-state index is 0.137. The van der Waals surface area contributed by atoms with Crippen LogP contribution >= 0.6 is 0 Å². The van der Waals surface area contributed by atoms with E-state index >= 15 is 0 Å². The quantitative estimate of drug-likeness (QED) is 0.753. The first-order chi connectivity index (χ1) is 7.77. The molecule has 2 heterocycles. The summed E-state index contributed by atoms with van der Waals surface area (Å²) in [7, 11) is 0. The molecular weight excluding hydrogens is 204 g/mol. The highest BCUT2D eigenvalue weighted by Crippen LogP contribution is 2.09. The van der Waals surface area contributed by atoms with Crippen molar-refractivity contribution in [1.82, 2.24) is 10.6 Å². The van der Waals surface area contributed by atoms with Crippen LogP contribution in [0.4, 0.5) is 0 Å². The Morgan fingerprint density at radius 1 is 1.62 bits per heavy atom. The largest absolute Gasteiger partial charge is 0.459 e. The molecule has 0 saturated heterocycles. The molecule has 1 aromatic heterocycles. The second kappa shape index (κ2) is 4.99. The van der Waals surface area contributed by atoms with Crippen molar-refractivity contribution in [3.8, 4) is 0 Å². The smallest absolute Gasteiger partial charge is 0.287 e. The normalized spacial score (nSPS) is 15.7. The Kier molecular flexibility index (Phi) is 3.41. The lowest BCUT2D eigenvalue weighted by atomic mass is 10.1. The average Bonchev–Trinajstić information content (AvgIpc) is 2.74. The molecule has 1 aliphatic heterocycles. The summed E-state index contributed by atoms with van der Waals surface area (Å²) < 4.78 is 5.12. The van der Waals surface area contributed by atoms with Crippen LogP contribution in [-0.4, -0.2) is 25.5 Å². The zero-order valence-corrected chi connectivity index (χ0v) is 9.38. The van der Waals surface area contributed by atoms with Crippen LogP contribution in [0, 0.1) is 6.92 Å².